The van der Waals surface area contributed by atoms with Gasteiger partial charge in [-0.2, -0.15) is 9.49 Å². The van der Waals surface area contributed by atoms with Crippen molar-refractivity contribution in [3.8, 4) is 0 Å². The molecule has 0 unspecified atom stereocenters. The van der Waals surface area contributed by atoms with Crippen molar-refractivity contribution in [2.45, 2.75) is 6.54 Å². The van der Waals surface area contributed by atoms with Gasteiger partial charge in [-0.05, 0) is 28.7 Å². The van der Waals surface area contributed by atoms with Crippen LogP contribution in [0.25, 0.3) is 0 Å². The second-order valence-corrected chi connectivity index (χ2v) is 4.29. The first-order valence-corrected chi connectivity index (χ1v) is 5.47. The summed E-state index contributed by atoms with van der Waals surface area (Å²) in [7, 11) is 0. The van der Waals surface area contributed by atoms with E-state index in [1.165, 1.54) is 12.1 Å². The van der Waals surface area contributed by atoms with Gasteiger partial charge in [0.25, 0.3) is 0 Å². The van der Waals surface area contributed by atoms with Crippen LogP contribution >= 0.6 is 22.6 Å². The minimum atomic E-state index is -0.704. The molecule has 6 heteroatoms. The molecule has 2 rings (SSSR count). The zero-order valence-electron chi connectivity index (χ0n) is 7.92. The zero-order valence-corrected chi connectivity index (χ0v) is 10.1. The van der Waals surface area contributed by atoms with Gasteiger partial charge in [-0.15, -0.1) is 0 Å². The predicted molar refractivity (Wildman–Crippen MR) is 60.4 cm³/mol. The van der Waals surface area contributed by atoms with E-state index in [1.807, 2.05) is 22.6 Å². The molecule has 0 saturated heterocycles. The molecule has 2 nitrogen and oxygen atoms in total. The molecular weight excluding hydrogens is 332 g/mol. The van der Waals surface area contributed by atoms with Gasteiger partial charge in [-0.25, -0.2) is 13.5 Å². The fraction of sp³-hybridized carbons (Fsp3) is 0.100. The van der Waals surface area contributed by atoms with Crippen LogP contribution in [0.3, 0.4) is 0 Å². The van der Waals surface area contributed by atoms with E-state index >= 15 is 0 Å². The first-order chi connectivity index (χ1) is 7.56. The van der Waals surface area contributed by atoms with Gasteiger partial charge in [0.2, 0.25) is 5.95 Å². The second kappa shape index (κ2) is 4.44. The maximum atomic E-state index is 13.3. The Morgan fingerprint density at radius 1 is 1.19 bits per heavy atom. The summed E-state index contributed by atoms with van der Waals surface area (Å²) in [5.41, 5.74) is 0.194. The van der Waals surface area contributed by atoms with Crippen LogP contribution in [0.2, 0.25) is 0 Å². The molecule has 0 spiro atoms. The summed E-state index contributed by atoms with van der Waals surface area (Å²) in [6, 6.07) is 4.41. The lowest BCUT2D eigenvalue weighted by atomic mass is 10.2. The molecule has 0 amide bonds. The average Bonchev–Trinajstić information content (AvgIpc) is 2.50. The summed E-state index contributed by atoms with van der Waals surface area (Å²) in [5.74, 6) is -1.91. The standard InChI is InChI=1S/C10H6F3IN2/c11-7-2-1-6(8(12)3-7)5-16-9(13)4-10(14)15-16/h1-4H,5H2. The van der Waals surface area contributed by atoms with Crippen molar-refractivity contribution in [3.63, 3.8) is 0 Å². The van der Waals surface area contributed by atoms with Crippen LogP contribution in [0.4, 0.5) is 13.2 Å². The van der Waals surface area contributed by atoms with Crippen molar-refractivity contribution in [3.05, 3.63) is 51.1 Å². The Balaban J connectivity index is 2.30. The lowest BCUT2D eigenvalue weighted by molar-refractivity contribution is 0.470. The molecule has 0 aliphatic rings. The zero-order chi connectivity index (χ0) is 11.7. The summed E-state index contributed by atoms with van der Waals surface area (Å²) in [5, 5.41) is 3.84. The molecular formula is C10H6F3IN2. The molecule has 1 aromatic carbocycles. The van der Waals surface area contributed by atoms with Gasteiger partial charge in [0.15, 0.2) is 0 Å². The molecule has 0 atom stereocenters. The summed E-state index contributed by atoms with van der Waals surface area (Å²) in [6.45, 7) is -0.0546. The molecule has 84 valence electrons. The Kier molecular flexibility index (Phi) is 3.17. The van der Waals surface area contributed by atoms with Crippen LogP contribution in [-0.4, -0.2) is 9.78 Å². The van der Waals surface area contributed by atoms with Crippen LogP contribution in [0.5, 0.6) is 0 Å². The van der Waals surface area contributed by atoms with E-state index in [9.17, 15) is 13.2 Å². The van der Waals surface area contributed by atoms with Gasteiger partial charge in [-0.3, -0.25) is 0 Å². The fourth-order valence-corrected chi connectivity index (χ4v) is 1.80. The Morgan fingerprint density at radius 3 is 2.50 bits per heavy atom. The third kappa shape index (κ3) is 2.37. The molecule has 0 bridgehead atoms. The van der Waals surface area contributed by atoms with Gasteiger partial charge in [0.1, 0.15) is 15.3 Å². The number of aromatic nitrogens is 2. The van der Waals surface area contributed by atoms with Gasteiger partial charge < -0.3 is 0 Å². The van der Waals surface area contributed by atoms with Crippen molar-refractivity contribution in [1.82, 2.24) is 9.78 Å². The Morgan fingerprint density at radius 2 is 1.94 bits per heavy atom. The summed E-state index contributed by atoms with van der Waals surface area (Å²) in [4.78, 5) is 0. The molecule has 0 aliphatic heterocycles. The third-order valence-corrected chi connectivity index (χ3v) is 2.56. The van der Waals surface area contributed by atoms with Crippen LogP contribution in [0.15, 0.2) is 24.3 Å². The second-order valence-electron chi connectivity index (χ2n) is 3.18. The number of rotatable bonds is 2. The van der Waals surface area contributed by atoms with Gasteiger partial charge >= 0.3 is 0 Å². The first kappa shape index (κ1) is 11.4. The van der Waals surface area contributed by atoms with Crippen molar-refractivity contribution in [2.75, 3.05) is 0 Å². The lowest BCUT2D eigenvalue weighted by Crippen LogP contribution is -2.06. The van der Waals surface area contributed by atoms with E-state index in [0.29, 0.717) is 3.70 Å². The SMILES string of the molecule is Fc1ccc(Cn2nc(I)cc2F)c(F)c1. The third-order valence-electron chi connectivity index (χ3n) is 2.04. The van der Waals surface area contributed by atoms with E-state index in [1.54, 1.807) is 0 Å². The van der Waals surface area contributed by atoms with E-state index in [-0.39, 0.29) is 12.1 Å². The van der Waals surface area contributed by atoms with Crippen LogP contribution in [0, 0.1) is 21.3 Å². The molecule has 0 fully saturated rings. The number of benzene rings is 1. The van der Waals surface area contributed by atoms with Crippen molar-refractivity contribution in [2.24, 2.45) is 0 Å². The maximum absolute atomic E-state index is 13.3. The summed E-state index contributed by atoms with van der Waals surface area (Å²) < 4.78 is 40.6. The van der Waals surface area contributed by atoms with Crippen molar-refractivity contribution >= 4 is 22.6 Å². The lowest BCUT2D eigenvalue weighted by Gasteiger charge is -2.04. The topological polar surface area (TPSA) is 17.8 Å². The van der Waals surface area contributed by atoms with Crippen LogP contribution in [0.1, 0.15) is 5.56 Å². The highest BCUT2D eigenvalue weighted by atomic mass is 127. The Hall–Kier alpha value is -1.05. The van der Waals surface area contributed by atoms with Gasteiger partial charge in [-0.1, -0.05) is 6.07 Å². The maximum Gasteiger partial charge on any atom is 0.212 e. The van der Waals surface area contributed by atoms with E-state index < -0.39 is 17.6 Å². The molecule has 0 saturated carbocycles. The minimum absolute atomic E-state index is 0.0546. The molecule has 1 heterocycles. The van der Waals surface area contributed by atoms with Crippen molar-refractivity contribution < 1.29 is 13.2 Å². The highest BCUT2D eigenvalue weighted by Crippen LogP contribution is 2.13. The van der Waals surface area contributed by atoms with Gasteiger partial charge in [0, 0.05) is 17.7 Å². The molecule has 1 aromatic heterocycles. The number of nitrogens with zero attached hydrogens (tertiary/aromatic N) is 2. The molecule has 0 radical (unpaired) electrons. The smallest absolute Gasteiger partial charge is 0.212 e. The Labute approximate surface area is 103 Å². The molecule has 0 N–H and O–H groups in total. The predicted octanol–water partition coefficient (Wildman–Crippen LogP) is 2.95. The molecule has 0 aliphatic carbocycles. The highest BCUT2D eigenvalue weighted by molar-refractivity contribution is 14.1. The van der Waals surface area contributed by atoms with Crippen LogP contribution in [-0.2, 0) is 6.54 Å². The van der Waals surface area contributed by atoms with E-state index in [4.69, 9.17) is 0 Å². The number of hydrogen-bond acceptors (Lipinski definition) is 1. The first-order valence-electron chi connectivity index (χ1n) is 4.39. The van der Waals surface area contributed by atoms with E-state index in [0.717, 1.165) is 16.8 Å². The largest absolute Gasteiger partial charge is 0.234 e. The monoisotopic (exact) mass is 338 g/mol. The average molecular weight is 338 g/mol. The highest BCUT2D eigenvalue weighted by Gasteiger charge is 2.09. The molecule has 2 aromatic rings. The summed E-state index contributed by atoms with van der Waals surface area (Å²) in [6.07, 6.45) is 0. The van der Waals surface area contributed by atoms with Gasteiger partial charge in [0.05, 0.1) is 6.54 Å². The summed E-state index contributed by atoms with van der Waals surface area (Å²) >= 11 is 1.86. The Bertz CT molecular complexity index is 525. The normalized spacial score (nSPS) is 10.8. The fourth-order valence-electron chi connectivity index (χ4n) is 1.29. The van der Waals surface area contributed by atoms with E-state index in [2.05, 4.69) is 5.10 Å². The van der Waals surface area contributed by atoms with Crippen molar-refractivity contribution in [1.29, 1.82) is 0 Å². The quantitative estimate of drug-likeness (QED) is 0.770. The number of hydrogen-bond donors (Lipinski definition) is 0. The number of halogens is 4. The van der Waals surface area contributed by atoms with Crippen LogP contribution < -0.4 is 0 Å². The molecule has 16 heavy (non-hydrogen) atoms. The minimum Gasteiger partial charge on any atom is -0.234 e.